The van der Waals surface area contributed by atoms with Gasteiger partial charge in [0.15, 0.2) is 0 Å². The van der Waals surface area contributed by atoms with Crippen LogP contribution in [0, 0.1) is 24.7 Å². The van der Waals surface area contributed by atoms with E-state index >= 15 is 0 Å². The number of nitrogens with one attached hydrogen (secondary N) is 2. The number of aryl methyl sites for hydroxylation is 2. The van der Waals surface area contributed by atoms with Crippen LogP contribution in [-0.4, -0.2) is 60.4 Å². The molecule has 0 bridgehead atoms. The smallest absolute Gasteiger partial charge is 0.412 e. The molecule has 274 valence electrons. The molecule has 2 N–H and O–H groups in total. The van der Waals surface area contributed by atoms with Gasteiger partial charge in [0.05, 0.1) is 35.3 Å². The van der Waals surface area contributed by atoms with Crippen LogP contribution < -0.4 is 20.1 Å². The van der Waals surface area contributed by atoms with Gasteiger partial charge in [0.1, 0.15) is 24.7 Å². The lowest BCUT2D eigenvalue weighted by atomic mass is 9.72. The van der Waals surface area contributed by atoms with Crippen molar-refractivity contribution in [3.05, 3.63) is 96.3 Å². The largest absolute Gasteiger partial charge is 0.463 e. The zero-order valence-electron chi connectivity index (χ0n) is 30.5. The number of nitrogens with zero attached hydrogens (tertiary/aromatic N) is 2. The standard InChI is InChI=1S/C40H46N4O8/c1-7-40(6,36(46)50-23-21-44-38(48)52-30-17-15-28(3)32(25-30)34-13-9-11-19-42-34)26-39(4,5)35(45)49-22-20-43-37(47)51-29-16-14-27(2)31(24-29)33-12-8-10-18-41-33/h8-19,24-25H,7,20-23,26H2,1-6H3,(H,43,47)(H,44,48). The molecule has 2 amide bonds. The Morgan fingerprint density at radius 2 is 1.12 bits per heavy atom. The molecule has 4 rings (SSSR count). The van der Waals surface area contributed by atoms with Crippen molar-refractivity contribution in [2.45, 2.75) is 54.4 Å². The Morgan fingerprint density at radius 1 is 0.654 bits per heavy atom. The molecule has 0 radical (unpaired) electrons. The molecule has 12 nitrogen and oxygen atoms in total. The van der Waals surface area contributed by atoms with Crippen LogP contribution in [0.2, 0.25) is 0 Å². The molecule has 2 aromatic heterocycles. The summed E-state index contributed by atoms with van der Waals surface area (Å²) >= 11 is 0. The summed E-state index contributed by atoms with van der Waals surface area (Å²) < 4.78 is 21.8. The zero-order valence-corrected chi connectivity index (χ0v) is 30.5. The Labute approximate surface area is 304 Å². The van der Waals surface area contributed by atoms with Crippen LogP contribution in [0.5, 0.6) is 11.5 Å². The monoisotopic (exact) mass is 710 g/mol. The number of amides is 2. The van der Waals surface area contributed by atoms with Gasteiger partial charge in [0.2, 0.25) is 0 Å². The minimum absolute atomic E-state index is 0.0252. The molecule has 12 heteroatoms. The molecule has 2 heterocycles. The fourth-order valence-corrected chi connectivity index (χ4v) is 5.56. The second-order valence-electron chi connectivity index (χ2n) is 13.3. The normalized spacial score (nSPS) is 12.2. The number of carbonyl (C=O) groups is 4. The van der Waals surface area contributed by atoms with Gasteiger partial charge < -0.3 is 29.6 Å². The van der Waals surface area contributed by atoms with E-state index in [0.717, 1.165) is 33.6 Å². The van der Waals surface area contributed by atoms with Crippen molar-refractivity contribution >= 4 is 24.1 Å². The van der Waals surface area contributed by atoms with E-state index in [4.69, 9.17) is 18.9 Å². The number of pyridine rings is 2. The summed E-state index contributed by atoms with van der Waals surface area (Å²) in [5.74, 6) is -0.333. The summed E-state index contributed by atoms with van der Waals surface area (Å²) in [6, 6.07) is 21.7. The van der Waals surface area contributed by atoms with Crippen LogP contribution in [-0.2, 0) is 19.1 Å². The predicted molar refractivity (Wildman–Crippen MR) is 196 cm³/mol. The maximum atomic E-state index is 13.2. The number of hydrogen-bond acceptors (Lipinski definition) is 10. The number of esters is 2. The van der Waals surface area contributed by atoms with Crippen LogP contribution in [0.3, 0.4) is 0 Å². The number of ether oxygens (including phenoxy) is 4. The van der Waals surface area contributed by atoms with Crippen LogP contribution >= 0.6 is 0 Å². The molecule has 0 aliphatic heterocycles. The second kappa shape index (κ2) is 17.9. The number of rotatable bonds is 15. The van der Waals surface area contributed by atoms with E-state index < -0.39 is 35.0 Å². The highest BCUT2D eigenvalue weighted by Gasteiger charge is 2.43. The van der Waals surface area contributed by atoms with Crippen molar-refractivity contribution in [3.8, 4) is 34.0 Å². The van der Waals surface area contributed by atoms with Gasteiger partial charge in [0.25, 0.3) is 0 Å². The SMILES string of the molecule is CCC(C)(CC(C)(C)C(=O)OCCNC(=O)Oc1ccc(C)c(-c2ccccn2)c1)C(=O)OCCNC(=O)Oc1ccc(C)c(-c2ccccn2)c1. The summed E-state index contributed by atoms with van der Waals surface area (Å²) in [4.78, 5) is 59.8. The minimum Gasteiger partial charge on any atom is -0.463 e. The zero-order chi connectivity index (χ0) is 37.7. The Kier molecular flexibility index (Phi) is 13.5. The fourth-order valence-electron chi connectivity index (χ4n) is 5.56. The highest BCUT2D eigenvalue weighted by molar-refractivity contribution is 5.80. The summed E-state index contributed by atoms with van der Waals surface area (Å²) in [5.41, 5.74) is 3.13. The molecular formula is C40H46N4O8. The van der Waals surface area contributed by atoms with E-state index in [1.165, 1.54) is 0 Å². The lowest BCUT2D eigenvalue weighted by Gasteiger charge is -2.33. The van der Waals surface area contributed by atoms with Gasteiger partial charge in [-0.15, -0.1) is 0 Å². The molecule has 0 saturated heterocycles. The Balaban J connectivity index is 1.18. The molecule has 0 spiro atoms. The van der Waals surface area contributed by atoms with Gasteiger partial charge in [-0.25, -0.2) is 9.59 Å². The Morgan fingerprint density at radius 3 is 1.54 bits per heavy atom. The quantitative estimate of drug-likeness (QED) is 0.0954. The summed E-state index contributed by atoms with van der Waals surface area (Å²) in [5, 5.41) is 5.17. The van der Waals surface area contributed by atoms with Gasteiger partial charge in [0, 0.05) is 23.5 Å². The molecule has 0 fully saturated rings. The molecule has 4 aromatic rings. The first-order valence-electron chi connectivity index (χ1n) is 17.1. The molecule has 0 aliphatic rings. The van der Waals surface area contributed by atoms with Gasteiger partial charge in [-0.1, -0.05) is 31.2 Å². The van der Waals surface area contributed by atoms with E-state index in [2.05, 4.69) is 20.6 Å². The van der Waals surface area contributed by atoms with Crippen LogP contribution in [0.25, 0.3) is 22.5 Å². The van der Waals surface area contributed by atoms with E-state index in [-0.39, 0.29) is 32.7 Å². The third kappa shape index (κ3) is 10.9. The minimum atomic E-state index is -1.04. The van der Waals surface area contributed by atoms with Crippen molar-refractivity contribution in [1.29, 1.82) is 0 Å². The topological polar surface area (TPSA) is 155 Å². The van der Waals surface area contributed by atoms with Crippen LogP contribution in [0.15, 0.2) is 85.2 Å². The van der Waals surface area contributed by atoms with Crippen molar-refractivity contribution < 1.29 is 38.1 Å². The first kappa shape index (κ1) is 39.0. The summed E-state index contributed by atoms with van der Waals surface area (Å²) in [6.45, 7) is 10.7. The van der Waals surface area contributed by atoms with Gasteiger partial charge in [-0.05, 0) is 107 Å². The van der Waals surface area contributed by atoms with Gasteiger partial charge >= 0.3 is 24.1 Å². The first-order valence-corrected chi connectivity index (χ1v) is 17.1. The lowest BCUT2D eigenvalue weighted by molar-refractivity contribution is -0.163. The highest BCUT2D eigenvalue weighted by atomic mass is 16.6. The van der Waals surface area contributed by atoms with Crippen LogP contribution in [0.1, 0.15) is 51.7 Å². The lowest BCUT2D eigenvalue weighted by Crippen LogP contribution is -2.40. The fraction of sp³-hybridized carbons (Fsp3) is 0.350. The predicted octanol–water partition coefficient (Wildman–Crippen LogP) is 7.22. The van der Waals surface area contributed by atoms with Crippen LogP contribution in [0.4, 0.5) is 9.59 Å². The van der Waals surface area contributed by atoms with E-state index in [9.17, 15) is 19.2 Å². The Hall–Kier alpha value is -5.78. The van der Waals surface area contributed by atoms with E-state index in [1.54, 1.807) is 57.4 Å². The average molecular weight is 711 g/mol. The number of hydrogen-bond donors (Lipinski definition) is 2. The highest BCUT2D eigenvalue weighted by Crippen LogP contribution is 2.38. The summed E-state index contributed by atoms with van der Waals surface area (Å²) in [6.07, 6.45) is 2.55. The number of benzene rings is 2. The maximum Gasteiger partial charge on any atom is 0.412 e. The van der Waals surface area contributed by atoms with E-state index in [1.807, 2.05) is 69.3 Å². The van der Waals surface area contributed by atoms with Crippen molar-refractivity contribution in [2.24, 2.45) is 10.8 Å². The third-order valence-corrected chi connectivity index (χ3v) is 8.59. The van der Waals surface area contributed by atoms with Gasteiger partial charge in [-0.2, -0.15) is 0 Å². The molecular weight excluding hydrogens is 664 g/mol. The average Bonchev–Trinajstić information content (AvgIpc) is 3.13. The molecule has 2 aromatic carbocycles. The van der Waals surface area contributed by atoms with Crippen molar-refractivity contribution in [2.75, 3.05) is 26.3 Å². The molecule has 0 saturated carbocycles. The molecule has 52 heavy (non-hydrogen) atoms. The third-order valence-electron chi connectivity index (χ3n) is 8.59. The Bertz CT molecular complexity index is 1850. The van der Waals surface area contributed by atoms with Crippen molar-refractivity contribution in [1.82, 2.24) is 20.6 Å². The molecule has 0 aliphatic carbocycles. The van der Waals surface area contributed by atoms with Gasteiger partial charge in [-0.3, -0.25) is 19.6 Å². The summed E-state index contributed by atoms with van der Waals surface area (Å²) in [7, 11) is 0. The van der Waals surface area contributed by atoms with Crippen molar-refractivity contribution in [3.63, 3.8) is 0 Å². The first-order chi connectivity index (χ1) is 24.8. The maximum absolute atomic E-state index is 13.2. The number of aromatic nitrogens is 2. The van der Waals surface area contributed by atoms with E-state index in [0.29, 0.717) is 17.9 Å². The molecule has 1 atom stereocenters. The molecule has 1 unspecified atom stereocenters. The number of carbonyl (C=O) groups excluding carboxylic acids is 4. The second-order valence-corrected chi connectivity index (χ2v) is 13.3.